The van der Waals surface area contributed by atoms with E-state index in [-0.39, 0.29) is 0 Å². The molecule has 0 unspecified atom stereocenters. The van der Waals surface area contributed by atoms with Gasteiger partial charge in [-0.2, -0.15) is 0 Å². The third-order valence-corrected chi connectivity index (χ3v) is 5.57. The number of aliphatic hydroxyl groups is 1. The lowest BCUT2D eigenvalue weighted by atomic mass is 10.1. The van der Waals surface area contributed by atoms with Crippen molar-refractivity contribution in [3.8, 4) is 11.4 Å². The molecule has 1 aliphatic heterocycles. The summed E-state index contributed by atoms with van der Waals surface area (Å²) < 4.78 is 15.5. The summed E-state index contributed by atoms with van der Waals surface area (Å²) in [7, 11) is 0. The van der Waals surface area contributed by atoms with Gasteiger partial charge in [0.05, 0.1) is 40.8 Å². The molecule has 0 saturated carbocycles. The summed E-state index contributed by atoms with van der Waals surface area (Å²) in [5, 5.41) is 18.2. The Labute approximate surface area is 185 Å². The molecule has 1 atom stereocenters. The van der Waals surface area contributed by atoms with Crippen LogP contribution in [0.25, 0.3) is 28.1 Å². The Balaban J connectivity index is 1.62. The largest absolute Gasteiger partial charge is 0.389 e. The first kappa shape index (κ1) is 20.6. The number of fused-ring (bicyclic) bond motifs is 2. The van der Waals surface area contributed by atoms with E-state index in [2.05, 4.69) is 10.3 Å². The van der Waals surface area contributed by atoms with Gasteiger partial charge in [0.15, 0.2) is 11.5 Å². The van der Waals surface area contributed by atoms with Gasteiger partial charge in [0.1, 0.15) is 17.6 Å². The predicted molar refractivity (Wildman–Crippen MR) is 123 cm³/mol. The van der Waals surface area contributed by atoms with Gasteiger partial charge >= 0.3 is 0 Å². The number of nitrogens with zero attached hydrogens (tertiary/aromatic N) is 6. The molecular weight excluding hydrogens is 409 g/mol. The van der Waals surface area contributed by atoms with Crippen LogP contribution in [0.1, 0.15) is 26.0 Å². The molecule has 9 heteroatoms. The Morgan fingerprint density at radius 2 is 1.94 bits per heavy atom. The SMILES string of the molecule is Cc1nc2ccccc2nc1-c1cn2nc(N3CC[C@@H](F)C3)cc(NCC(C)(C)O)c2n1. The summed E-state index contributed by atoms with van der Waals surface area (Å²) in [6.07, 6.45) is 1.46. The highest BCUT2D eigenvalue weighted by atomic mass is 19.1. The molecular formula is C23H26FN7O. The molecule has 5 rings (SSSR count). The quantitative estimate of drug-likeness (QED) is 0.497. The third-order valence-electron chi connectivity index (χ3n) is 5.57. The van der Waals surface area contributed by atoms with Crippen molar-refractivity contribution < 1.29 is 9.50 Å². The Bertz CT molecular complexity index is 1300. The Morgan fingerprint density at radius 1 is 1.19 bits per heavy atom. The highest BCUT2D eigenvalue weighted by Crippen LogP contribution is 2.29. The Morgan fingerprint density at radius 3 is 2.62 bits per heavy atom. The number of aryl methyl sites for hydroxylation is 1. The van der Waals surface area contributed by atoms with E-state index in [0.717, 1.165) is 22.4 Å². The second kappa shape index (κ2) is 7.67. The molecule has 0 aliphatic carbocycles. The van der Waals surface area contributed by atoms with Gasteiger partial charge in [-0.15, -0.1) is 5.10 Å². The Kier molecular flexibility index (Phi) is 4.93. The lowest BCUT2D eigenvalue weighted by Crippen LogP contribution is -2.30. The van der Waals surface area contributed by atoms with Gasteiger partial charge in [-0.25, -0.2) is 23.9 Å². The molecule has 8 nitrogen and oxygen atoms in total. The maximum absolute atomic E-state index is 13.8. The van der Waals surface area contributed by atoms with E-state index in [1.807, 2.05) is 48.4 Å². The van der Waals surface area contributed by atoms with Crippen LogP contribution in [0.4, 0.5) is 15.9 Å². The smallest absolute Gasteiger partial charge is 0.177 e. The maximum Gasteiger partial charge on any atom is 0.177 e. The average molecular weight is 436 g/mol. The standard InChI is InChI=1S/C23H26FN7O/c1-14-21(27-17-7-5-4-6-16(17)26-14)19-12-31-22(28-19)18(25-13-23(2,3)32)10-20(29-31)30-9-8-15(24)11-30/h4-7,10,12,15,25,32H,8-9,11,13H2,1-3H3/t15-/m1/s1. The zero-order chi connectivity index (χ0) is 22.5. The summed E-state index contributed by atoms with van der Waals surface area (Å²) in [4.78, 5) is 16.2. The number of imidazole rings is 1. The molecule has 3 aromatic heterocycles. The molecule has 32 heavy (non-hydrogen) atoms. The molecule has 1 fully saturated rings. The monoisotopic (exact) mass is 435 g/mol. The molecule has 4 aromatic rings. The number of para-hydroxylation sites is 2. The van der Waals surface area contributed by atoms with Gasteiger partial charge in [0.2, 0.25) is 0 Å². The molecule has 0 spiro atoms. The van der Waals surface area contributed by atoms with Crippen LogP contribution in [-0.2, 0) is 0 Å². The number of aromatic nitrogens is 5. The van der Waals surface area contributed by atoms with E-state index in [4.69, 9.17) is 15.1 Å². The highest BCUT2D eigenvalue weighted by Gasteiger charge is 2.25. The average Bonchev–Trinajstić information content (AvgIpc) is 3.37. The van der Waals surface area contributed by atoms with E-state index < -0.39 is 11.8 Å². The first-order chi connectivity index (χ1) is 15.3. The van der Waals surface area contributed by atoms with Gasteiger partial charge < -0.3 is 15.3 Å². The van der Waals surface area contributed by atoms with Crippen LogP contribution in [-0.4, -0.2) is 61.1 Å². The minimum Gasteiger partial charge on any atom is -0.389 e. The van der Waals surface area contributed by atoms with E-state index >= 15 is 0 Å². The first-order valence-electron chi connectivity index (χ1n) is 10.8. The number of hydrogen-bond donors (Lipinski definition) is 2. The lowest BCUT2D eigenvalue weighted by molar-refractivity contribution is 0.0945. The fourth-order valence-electron chi connectivity index (χ4n) is 3.93. The fourth-order valence-corrected chi connectivity index (χ4v) is 3.93. The summed E-state index contributed by atoms with van der Waals surface area (Å²) in [5.41, 5.74) is 4.17. The normalized spacial score (nSPS) is 16.9. The minimum atomic E-state index is -0.909. The van der Waals surface area contributed by atoms with Crippen molar-refractivity contribution in [2.75, 3.05) is 29.9 Å². The minimum absolute atomic E-state index is 0.320. The van der Waals surface area contributed by atoms with Crippen LogP contribution in [0.2, 0.25) is 0 Å². The number of rotatable bonds is 5. The molecule has 166 valence electrons. The first-order valence-corrected chi connectivity index (χ1v) is 10.8. The van der Waals surface area contributed by atoms with Crippen LogP contribution in [0.3, 0.4) is 0 Å². The van der Waals surface area contributed by atoms with E-state index in [1.54, 1.807) is 18.4 Å². The molecule has 4 heterocycles. The van der Waals surface area contributed by atoms with Crippen molar-refractivity contribution in [1.82, 2.24) is 24.6 Å². The van der Waals surface area contributed by atoms with Crippen molar-refractivity contribution in [2.24, 2.45) is 0 Å². The van der Waals surface area contributed by atoms with Crippen LogP contribution >= 0.6 is 0 Å². The topological polar surface area (TPSA) is 91.5 Å². The third kappa shape index (κ3) is 3.95. The second-order valence-corrected chi connectivity index (χ2v) is 8.95. The maximum atomic E-state index is 13.8. The van der Waals surface area contributed by atoms with Crippen LogP contribution in [0, 0.1) is 6.92 Å². The predicted octanol–water partition coefficient (Wildman–Crippen LogP) is 3.38. The Hall–Kier alpha value is -3.33. The zero-order valence-corrected chi connectivity index (χ0v) is 18.4. The lowest BCUT2D eigenvalue weighted by Gasteiger charge is -2.21. The van der Waals surface area contributed by atoms with E-state index in [9.17, 15) is 9.50 Å². The molecule has 1 saturated heterocycles. The van der Waals surface area contributed by atoms with Crippen molar-refractivity contribution in [1.29, 1.82) is 0 Å². The van der Waals surface area contributed by atoms with E-state index in [1.165, 1.54) is 0 Å². The van der Waals surface area contributed by atoms with Crippen molar-refractivity contribution in [3.63, 3.8) is 0 Å². The molecule has 0 amide bonds. The number of hydrogen-bond acceptors (Lipinski definition) is 7. The summed E-state index contributed by atoms with van der Waals surface area (Å²) in [6.45, 7) is 6.64. The van der Waals surface area contributed by atoms with Crippen LogP contribution in [0.15, 0.2) is 36.5 Å². The number of anilines is 2. The molecule has 0 radical (unpaired) electrons. The number of alkyl halides is 1. The highest BCUT2D eigenvalue weighted by molar-refractivity contribution is 5.79. The van der Waals surface area contributed by atoms with Crippen molar-refractivity contribution in [3.05, 3.63) is 42.2 Å². The van der Waals surface area contributed by atoms with Gasteiger partial charge in [-0.1, -0.05) is 12.1 Å². The van der Waals surface area contributed by atoms with Gasteiger partial charge in [-0.3, -0.25) is 0 Å². The van der Waals surface area contributed by atoms with Gasteiger partial charge in [0, 0.05) is 19.2 Å². The molecule has 1 aliphatic rings. The van der Waals surface area contributed by atoms with Crippen LogP contribution in [0.5, 0.6) is 0 Å². The van der Waals surface area contributed by atoms with Crippen molar-refractivity contribution >= 4 is 28.2 Å². The van der Waals surface area contributed by atoms with Gasteiger partial charge in [-0.05, 0) is 39.3 Å². The van der Waals surface area contributed by atoms with Crippen LogP contribution < -0.4 is 10.2 Å². The zero-order valence-electron chi connectivity index (χ0n) is 18.4. The van der Waals surface area contributed by atoms with Gasteiger partial charge in [0.25, 0.3) is 0 Å². The number of halogens is 1. The molecule has 0 bridgehead atoms. The summed E-state index contributed by atoms with van der Waals surface area (Å²) in [6, 6.07) is 9.60. The fraction of sp³-hybridized carbons (Fsp3) is 0.391. The van der Waals surface area contributed by atoms with Crippen molar-refractivity contribution in [2.45, 2.75) is 39.0 Å². The number of benzene rings is 1. The van der Waals surface area contributed by atoms with E-state index in [0.29, 0.717) is 48.9 Å². The summed E-state index contributed by atoms with van der Waals surface area (Å²) >= 11 is 0. The number of nitrogens with one attached hydrogen (secondary N) is 1. The second-order valence-electron chi connectivity index (χ2n) is 8.95. The summed E-state index contributed by atoms with van der Waals surface area (Å²) in [5.74, 6) is 0.668. The molecule has 2 N–H and O–H groups in total. The molecule has 1 aromatic carbocycles.